The summed E-state index contributed by atoms with van der Waals surface area (Å²) in [6.45, 7) is 2.93. The minimum atomic E-state index is 0.0983. The second-order valence-electron chi connectivity index (χ2n) is 4.30. The summed E-state index contributed by atoms with van der Waals surface area (Å²) in [5.41, 5.74) is 1.08. The Bertz CT molecular complexity index is 412. The lowest BCUT2D eigenvalue weighted by Gasteiger charge is -2.05. The predicted octanol–water partition coefficient (Wildman–Crippen LogP) is 4.53. The Kier molecular flexibility index (Phi) is 8.35. The lowest BCUT2D eigenvalue weighted by Crippen LogP contribution is -2.26. The van der Waals surface area contributed by atoms with Crippen LogP contribution in [0.3, 0.4) is 0 Å². The number of carbonyl (C=O) groups excluding carboxylic acids is 1. The van der Waals surface area contributed by atoms with Crippen LogP contribution in [-0.2, 0) is 10.5 Å². The highest BCUT2D eigenvalue weighted by atomic mass is 35.5. The van der Waals surface area contributed by atoms with E-state index >= 15 is 0 Å². The van der Waals surface area contributed by atoms with Gasteiger partial charge in [-0.2, -0.15) is 0 Å². The van der Waals surface area contributed by atoms with Crippen molar-refractivity contribution >= 4 is 40.9 Å². The van der Waals surface area contributed by atoms with Gasteiger partial charge in [0.15, 0.2) is 0 Å². The summed E-state index contributed by atoms with van der Waals surface area (Å²) in [7, 11) is 0. The van der Waals surface area contributed by atoms with E-state index in [4.69, 9.17) is 23.2 Å². The zero-order chi connectivity index (χ0) is 14.1. The van der Waals surface area contributed by atoms with Crippen LogP contribution in [0.15, 0.2) is 18.2 Å². The molecule has 106 valence electrons. The van der Waals surface area contributed by atoms with Crippen molar-refractivity contribution in [2.45, 2.75) is 31.9 Å². The van der Waals surface area contributed by atoms with E-state index in [9.17, 15) is 4.79 Å². The van der Waals surface area contributed by atoms with Crippen LogP contribution in [0.5, 0.6) is 0 Å². The highest BCUT2D eigenvalue weighted by molar-refractivity contribution is 7.99. The Balaban J connectivity index is 2.18. The fourth-order valence-electron chi connectivity index (χ4n) is 1.54. The molecule has 0 heterocycles. The normalized spacial score (nSPS) is 10.5. The third-order valence-electron chi connectivity index (χ3n) is 2.59. The molecule has 0 fully saturated rings. The van der Waals surface area contributed by atoms with Crippen LogP contribution >= 0.6 is 35.0 Å². The molecule has 1 amide bonds. The van der Waals surface area contributed by atoms with Gasteiger partial charge in [-0.25, -0.2) is 0 Å². The van der Waals surface area contributed by atoms with Crippen LogP contribution in [0.4, 0.5) is 0 Å². The van der Waals surface area contributed by atoms with E-state index in [1.807, 2.05) is 12.1 Å². The number of amides is 1. The van der Waals surface area contributed by atoms with E-state index in [2.05, 4.69) is 12.2 Å². The third kappa shape index (κ3) is 7.09. The van der Waals surface area contributed by atoms with Gasteiger partial charge in [-0.15, -0.1) is 11.8 Å². The molecule has 1 aromatic rings. The average Bonchev–Trinajstić information content (AvgIpc) is 2.39. The van der Waals surface area contributed by atoms with Gasteiger partial charge in [0, 0.05) is 12.3 Å². The number of nitrogens with one attached hydrogen (secondary N) is 1. The standard InChI is InChI=1S/C14H19Cl2NOS/c1-2-3-4-7-17-14(18)10-19-9-11-5-6-12(15)13(16)8-11/h5-6,8H,2-4,7,9-10H2,1H3,(H,17,18). The maximum Gasteiger partial charge on any atom is 0.230 e. The summed E-state index contributed by atoms with van der Waals surface area (Å²) in [4.78, 5) is 11.5. The van der Waals surface area contributed by atoms with Crippen molar-refractivity contribution in [3.63, 3.8) is 0 Å². The number of hydrogen-bond acceptors (Lipinski definition) is 2. The quantitative estimate of drug-likeness (QED) is 0.713. The summed E-state index contributed by atoms with van der Waals surface area (Å²) in [5, 5.41) is 4.04. The number of thioether (sulfide) groups is 1. The molecule has 0 atom stereocenters. The van der Waals surface area contributed by atoms with Crippen LogP contribution in [0.2, 0.25) is 10.0 Å². The van der Waals surface area contributed by atoms with E-state index in [0.29, 0.717) is 15.8 Å². The van der Waals surface area contributed by atoms with Gasteiger partial charge in [-0.1, -0.05) is 49.0 Å². The van der Waals surface area contributed by atoms with E-state index in [1.54, 1.807) is 17.8 Å². The first-order valence-corrected chi connectivity index (χ1v) is 8.33. The predicted molar refractivity (Wildman–Crippen MR) is 85.2 cm³/mol. The molecule has 0 aliphatic rings. The molecule has 0 aromatic heterocycles. The molecular formula is C14H19Cl2NOS. The summed E-state index contributed by atoms with van der Waals surface area (Å²) in [6, 6.07) is 5.56. The van der Waals surface area contributed by atoms with Gasteiger partial charge in [0.05, 0.1) is 15.8 Å². The molecule has 0 saturated heterocycles. The number of hydrogen-bond donors (Lipinski definition) is 1. The molecule has 2 nitrogen and oxygen atoms in total. The molecule has 5 heteroatoms. The highest BCUT2D eigenvalue weighted by Gasteiger charge is 2.03. The average molecular weight is 320 g/mol. The summed E-state index contributed by atoms with van der Waals surface area (Å²) in [6.07, 6.45) is 3.39. The van der Waals surface area contributed by atoms with Gasteiger partial charge in [0.25, 0.3) is 0 Å². The largest absolute Gasteiger partial charge is 0.355 e. The zero-order valence-corrected chi connectivity index (χ0v) is 13.4. The molecular weight excluding hydrogens is 301 g/mol. The van der Waals surface area contributed by atoms with Crippen LogP contribution in [0, 0.1) is 0 Å². The van der Waals surface area contributed by atoms with E-state index < -0.39 is 0 Å². The van der Waals surface area contributed by atoms with Gasteiger partial charge >= 0.3 is 0 Å². The van der Waals surface area contributed by atoms with Crippen molar-refractivity contribution in [3.05, 3.63) is 33.8 Å². The maximum absolute atomic E-state index is 11.5. The van der Waals surface area contributed by atoms with Gasteiger partial charge in [-0.05, 0) is 24.1 Å². The second kappa shape index (κ2) is 9.51. The van der Waals surface area contributed by atoms with Crippen molar-refractivity contribution in [2.75, 3.05) is 12.3 Å². The van der Waals surface area contributed by atoms with Gasteiger partial charge in [0.1, 0.15) is 0 Å². The number of unbranched alkanes of at least 4 members (excludes halogenated alkanes) is 2. The summed E-state index contributed by atoms with van der Waals surface area (Å²) >= 11 is 13.4. The maximum atomic E-state index is 11.5. The minimum Gasteiger partial charge on any atom is -0.355 e. The van der Waals surface area contributed by atoms with Crippen LogP contribution in [0.1, 0.15) is 31.7 Å². The number of benzene rings is 1. The Labute approximate surface area is 129 Å². The SMILES string of the molecule is CCCCCNC(=O)CSCc1ccc(Cl)c(Cl)c1. The Morgan fingerprint density at radius 2 is 2.05 bits per heavy atom. The molecule has 0 aliphatic heterocycles. The number of halogens is 2. The fourth-order valence-corrected chi connectivity index (χ4v) is 2.67. The fraction of sp³-hybridized carbons (Fsp3) is 0.500. The third-order valence-corrected chi connectivity index (χ3v) is 4.33. The van der Waals surface area contributed by atoms with E-state index in [0.717, 1.165) is 30.7 Å². The van der Waals surface area contributed by atoms with Crippen LogP contribution < -0.4 is 5.32 Å². The molecule has 1 rings (SSSR count). The van der Waals surface area contributed by atoms with Gasteiger partial charge in [0.2, 0.25) is 5.91 Å². The van der Waals surface area contributed by atoms with Gasteiger partial charge < -0.3 is 5.32 Å². The second-order valence-corrected chi connectivity index (χ2v) is 6.10. The van der Waals surface area contributed by atoms with E-state index in [-0.39, 0.29) is 5.91 Å². The molecule has 0 saturated carbocycles. The molecule has 1 aromatic carbocycles. The highest BCUT2D eigenvalue weighted by Crippen LogP contribution is 2.24. The summed E-state index contributed by atoms with van der Waals surface area (Å²) < 4.78 is 0. The first-order chi connectivity index (χ1) is 9.13. The monoisotopic (exact) mass is 319 g/mol. The van der Waals surface area contributed by atoms with Crippen molar-refractivity contribution in [1.29, 1.82) is 0 Å². The Hall–Kier alpha value is -0.380. The van der Waals surface area contributed by atoms with Crippen molar-refractivity contribution in [2.24, 2.45) is 0 Å². The zero-order valence-electron chi connectivity index (χ0n) is 11.0. The van der Waals surface area contributed by atoms with Crippen LogP contribution in [-0.4, -0.2) is 18.2 Å². The molecule has 0 radical (unpaired) electrons. The summed E-state index contributed by atoms with van der Waals surface area (Å²) in [5.74, 6) is 1.34. The van der Waals surface area contributed by atoms with Crippen LogP contribution in [0.25, 0.3) is 0 Å². The number of carbonyl (C=O) groups is 1. The lowest BCUT2D eigenvalue weighted by atomic mass is 10.2. The van der Waals surface area contributed by atoms with Gasteiger partial charge in [-0.3, -0.25) is 4.79 Å². The molecule has 0 unspecified atom stereocenters. The molecule has 1 N–H and O–H groups in total. The lowest BCUT2D eigenvalue weighted by molar-refractivity contribution is -0.118. The van der Waals surface area contributed by atoms with Crippen molar-refractivity contribution in [1.82, 2.24) is 5.32 Å². The molecule has 0 spiro atoms. The van der Waals surface area contributed by atoms with Crippen molar-refractivity contribution < 1.29 is 4.79 Å². The minimum absolute atomic E-state index is 0.0983. The first-order valence-electron chi connectivity index (χ1n) is 6.42. The molecule has 0 aliphatic carbocycles. The molecule has 0 bridgehead atoms. The van der Waals surface area contributed by atoms with E-state index in [1.165, 1.54) is 6.42 Å². The molecule has 19 heavy (non-hydrogen) atoms. The number of rotatable bonds is 8. The first kappa shape index (κ1) is 16.7. The Morgan fingerprint density at radius 3 is 2.74 bits per heavy atom. The smallest absolute Gasteiger partial charge is 0.230 e. The topological polar surface area (TPSA) is 29.1 Å². The Morgan fingerprint density at radius 1 is 1.26 bits per heavy atom. The van der Waals surface area contributed by atoms with Crippen molar-refractivity contribution in [3.8, 4) is 0 Å².